The summed E-state index contributed by atoms with van der Waals surface area (Å²) in [5, 5.41) is 0. The molecule has 0 aromatic heterocycles. The molecular formula is C16H22GeN2. The van der Waals surface area contributed by atoms with Crippen LogP contribution in [0.2, 0.25) is 0 Å². The van der Waals surface area contributed by atoms with Gasteiger partial charge in [-0.05, 0) is 0 Å². The molecule has 0 spiro atoms. The molecule has 0 amide bonds. The van der Waals surface area contributed by atoms with Gasteiger partial charge in [-0.25, -0.2) is 0 Å². The Morgan fingerprint density at radius 3 is 1.16 bits per heavy atom. The average molecular weight is 315 g/mol. The van der Waals surface area contributed by atoms with Crippen LogP contribution in [0.5, 0.6) is 0 Å². The number of rotatable bonds is 4. The van der Waals surface area contributed by atoms with Crippen LogP contribution in [-0.4, -0.2) is 49.6 Å². The fraction of sp³-hybridized carbons (Fsp3) is 0.250. The Morgan fingerprint density at radius 1 is 0.579 bits per heavy atom. The Kier molecular flexibility index (Phi) is 4.45. The Balaban J connectivity index is 2.69. The fourth-order valence-electron chi connectivity index (χ4n) is 2.94. The van der Waals surface area contributed by atoms with Crippen molar-refractivity contribution in [1.29, 1.82) is 0 Å². The van der Waals surface area contributed by atoms with Crippen LogP contribution in [0.3, 0.4) is 0 Å². The van der Waals surface area contributed by atoms with E-state index in [9.17, 15) is 0 Å². The van der Waals surface area contributed by atoms with E-state index in [4.69, 9.17) is 0 Å². The standard InChI is InChI=1S/C16H22GeN2/c1-18(2)17(19(3)4,15-11-7-5-8-12-15)16-13-9-6-10-14-16/h5-14H,1-4H3. The van der Waals surface area contributed by atoms with Crippen molar-refractivity contribution < 1.29 is 0 Å². The second-order valence-electron chi connectivity index (χ2n) is 5.19. The van der Waals surface area contributed by atoms with Gasteiger partial charge >= 0.3 is 119 Å². The summed E-state index contributed by atoms with van der Waals surface area (Å²) < 4.78 is 7.82. The van der Waals surface area contributed by atoms with Crippen LogP contribution in [0.4, 0.5) is 0 Å². The van der Waals surface area contributed by atoms with E-state index in [2.05, 4.69) is 96.6 Å². The SMILES string of the molecule is C[N](C)[Ge]([c]1ccccc1)([c]1ccccc1)[N](C)C. The van der Waals surface area contributed by atoms with Crippen molar-refractivity contribution in [1.82, 2.24) is 7.71 Å². The zero-order chi connectivity index (χ0) is 13.9. The molecule has 0 bridgehead atoms. The maximum absolute atomic E-state index is 2.66. The van der Waals surface area contributed by atoms with Gasteiger partial charge in [0.15, 0.2) is 0 Å². The van der Waals surface area contributed by atoms with E-state index in [0.29, 0.717) is 0 Å². The normalized spacial score (nSPS) is 12.1. The molecule has 19 heavy (non-hydrogen) atoms. The Labute approximate surface area is 119 Å². The van der Waals surface area contributed by atoms with Crippen molar-refractivity contribution in [2.45, 2.75) is 0 Å². The molecule has 0 N–H and O–H groups in total. The molecule has 0 aliphatic heterocycles. The molecule has 0 aliphatic rings. The number of nitrogens with zero attached hydrogens (tertiary/aromatic N) is 2. The minimum absolute atomic E-state index is 1.46. The van der Waals surface area contributed by atoms with E-state index in [1.54, 1.807) is 0 Å². The van der Waals surface area contributed by atoms with Gasteiger partial charge in [-0.1, -0.05) is 0 Å². The van der Waals surface area contributed by atoms with Gasteiger partial charge in [0.1, 0.15) is 0 Å². The number of hydrogen-bond donors (Lipinski definition) is 0. The van der Waals surface area contributed by atoms with Gasteiger partial charge in [0.25, 0.3) is 0 Å². The first kappa shape index (κ1) is 14.3. The van der Waals surface area contributed by atoms with Gasteiger partial charge in [0.05, 0.1) is 0 Å². The van der Waals surface area contributed by atoms with Crippen molar-refractivity contribution in [2.75, 3.05) is 28.2 Å². The second kappa shape index (κ2) is 5.91. The molecule has 0 aliphatic carbocycles. The molecule has 0 atom stereocenters. The summed E-state index contributed by atoms with van der Waals surface area (Å²) in [7, 11) is 8.83. The molecule has 2 aromatic carbocycles. The second-order valence-corrected chi connectivity index (χ2v) is 14.2. The summed E-state index contributed by atoms with van der Waals surface area (Å²) in [5.74, 6) is 0. The third-order valence-electron chi connectivity index (χ3n) is 3.65. The van der Waals surface area contributed by atoms with Gasteiger partial charge in [-0.15, -0.1) is 0 Å². The van der Waals surface area contributed by atoms with Gasteiger partial charge in [0.2, 0.25) is 0 Å². The quantitative estimate of drug-likeness (QED) is 0.787. The van der Waals surface area contributed by atoms with Crippen molar-refractivity contribution in [2.24, 2.45) is 0 Å². The third kappa shape index (κ3) is 2.48. The molecular weight excluding hydrogens is 293 g/mol. The molecule has 0 radical (unpaired) electrons. The third-order valence-corrected chi connectivity index (χ3v) is 13.9. The molecule has 100 valence electrons. The Morgan fingerprint density at radius 2 is 0.895 bits per heavy atom. The summed E-state index contributed by atoms with van der Waals surface area (Å²) in [6.45, 7) is 0. The first-order chi connectivity index (χ1) is 9.10. The van der Waals surface area contributed by atoms with Gasteiger partial charge in [-0.2, -0.15) is 0 Å². The summed E-state index contributed by atoms with van der Waals surface area (Å²) in [4.78, 5) is 0. The van der Waals surface area contributed by atoms with Crippen LogP contribution in [-0.2, 0) is 0 Å². The van der Waals surface area contributed by atoms with Crippen molar-refractivity contribution in [3.05, 3.63) is 60.7 Å². The van der Waals surface area contributed by atoms with Gasteiger partial charge in [-0.3, -0.25) is 0 Å². The first-order valence-corrected chi connectivity index (χ1v) is 10.5. The predicted molar refractivity (Wildman–Crippen MR) is 85.3 cm³/mol. The topological polar surface area (TPSA) is 6.48 Å². The first-order valence-electron chi connectivity index (χ1n) is 6.56. The van der Waals surface area contributed by atoms with Crippen molar-refractivity contribution in [3.63, 3.8) is 0 Å². The predicted octanol–water partition coefficient (Wildman–Crippen LogP) is 1.37. The molecule has 0 heterocycles. The summed E-state index contributed by atoms with van der Waals surface area (Å²) >= 11 is -2.66. The van der Waals surface area contributed by atoms with Crippen LogP contribution < -0.4 is 8.79 Å². The van der Waals surface area contributed by atoms with E-state index < -0.39 is 13.7 Å². The van der Waals surface area contributed by atoms with Crippen LogP contribution in [0.15, 0.2) is 60.7 Å². The Hall–Kier alpha value is -1.10. The maximum atomic E-state index is 2.45. The van der Waals surface area contributed by atoms with Crippen LogP contribution in [0.1, 0.15) is 0 Å². The van der Waals surface area contributed by atoms with E-state index in [1.165, 1.54) is 8.79 Å². The number of hydrogen-bond acceptors (Lipinski definition) is 2. The van der Waals surface area contributed by atoms with E-state index in [0.717, 1.165) is 0 Å². The van der Waals surface area contributed by atoms with Crippen LogP contribution in [0, 0.1) is 0 Å². The summed E-state index contributed by atoms with van der Waals surface area (Å²) in [6, 6.07) is 21.8. The molecule has 3 heteroatoms. The van der Waals surface area contributed by atoms with E-state index >= 15 is 0 Å². The van der Waals surface area contributed by atoms with Crippen LogP contribution >= 0.6 is 0 Å². The molecule has 2 nitrogen and oxygen atoms in total. The summed E-state index contributed by atoms with van der Waals surface area (Å²) in [5.41, 5.74) is 0. The molecule has 0 unspecified atom stereocenters. The molecule has 0 fully saturated rings. The zero-order valence-corrected chi connectivity index (χ0v) is 14.3. The van der Waals surface area contributed by atoms with Crippen molar-refractivity contribution >= 4 is 22.5 Å². The van der Waals surface area contributed by atoms with E-state index in [-0.39, 0.29) is 0 Å². The summed E-state index contributed by atoms with van der Waals surface area (Å²) in [6.07, 6.45) is 0. The zero-order valence-electron chi connectivity index (χ0n) is 12.2. The van der Waals surface area contributed by atoms with Gasteiger partial charge in [0, 0.05) is 0 Å². The van der Waals surface area contributed by atoms with E-state index in [1.807, 2.05) is 0 Å². The molecule has 0 saturated carbocycles. The minimum atomic E-state index is -2.66. The Bertz CT molecular complexity index is 459. The molecule has 0 saturated heterocycles. The molecule has 2 aromatic rings. The van der Waals surface area contributed by atoms with Gasteiger partial charge < -0.3 is 0 Å². The fourth-order valence-corrected chi connectivity index (χ4v) is 12.4. The van der Waals surface area contributed by atoms with Crippen LogP contribution in [0.25, 0.3) is 0 Å². The monoisotopic (exact) mass is 316 g/mol. The number of benzene rings is 2. The molecule has 2 rings (SSSR count). The average Bonchev–Trinajstić information content (AvgIpc) is 2.41. The van der Waals surface area contributed by atoms with Crippen molar-refractivity contribution in [3.8, 4) is 0 Å².